The van der Waals surface area contributed by atoms with Crippen molar-refractivity contribution >= 4 is 18.1 Å². The van der Waals surface area contributed by atoms with E-state index in [2.05, 4.69) is 5.43 Å². The first-order chi connectivity index (χ1) is 5.81. The summed E-state index contributed by atoms with van der Waals surface area (Å²) in [5, 5.41) is 0. The van der Waals surface area contributed by atoms with Gasteiger partial charge in [-0.2, -0.15) is 0 Å². The number of halogens is 1. The molecule has 0 radical (unpaired) electrons. The fourth-order valence-corrected chi connectivity index (χ4v) is 0.926. The average molecular weight is 205 g/mol. The number of nitrogens with one attached hydrogen (secondary N) is 1. The van der Waals surface area contributed by atoms with Gasteiger partial charge in [0.05, 0.1) is 19.9 Å². The lowest BCUT2D eigenvalue weighted by Gasteiger charge is -2.08. The maximum Gasteiger partial charge on any atom is 0.162 e. The van der Waals surface area contributed by atoms with Gasteiger partial charge < -0.3 is 14.9 Å². The molecular formula is C8H13ClN2O2. The number of hydrogen-bond donors (Lipinski definition) is 2. The Bertz CT molecular complexity index is 268. The van der Waals surface area contributed by atoms with Crippen LogP contribution < -0.4 is 20.7 Å². The molecule has 0 saturated carbocycles. The van der Waals surface area contributed by atoms with E-state index < -0.39 is 0 Å². The second kappa shape index (κ2) is 5.50. The summed E-state index contributed by atoms with van der Waals surface area (Å²) in [7, 11) is 3.17. The van der Waals surface area contributed by atoms with Gasteiger partial charge in [-0.1, -0.05) is 0 Å². The van der Waals surface area contributed by atoms with E-state index in [9.17, 15) is 0 Å². The van der Waals surface area contributed by atoms with Crippen LogP contribution in [0.1, 0.15) is 0 Å². The molecule has 1 rings (SSSR count). The quantitative estimate of drug-likeness (QED) is 0.578. The Kier molecular flexibility index (Phi) is 5.03. The molecule has 0 heterocycles. The Labute approximate surface area is 83.4 Å². The van der Waals surface area contributed by atoms with Crippen LogP contribution in [0.15, 0.2) is 18.2 Å². The molecule has 0 aromatic heterocycles. The molecule has 0 fully saturated rings. The van der Waals surface area contributed by atoms with E-state index in [0.29, 0.717) is 11.5 Å². The van der Waals surface area contributed by atoms with Crippen LogP contribution in [-0.2, 0) is 0 Å². The normalized spacial score (nSPS) is 8.54. The Hall–Kier alpha value is -1.13. The van der Waals surface area contributed by atoms with Gasteiger partial charge in [-0.15, -0.1) is 12.4 Å². The van der Waals surface area contributed by atoms with Crippen molar-refractivity contribution in [1.29, 1.82) is 0 Å². The molecule has 1 aromatic carbocycles. The minimum Gasteiger partial charge on any atom is -0.493 e. The molecule has 0 unspecified atom stereocenters. The van der Waals surface area contributed by atoms with Crippen molar-refractivity contribution in [2.75, 3.05) is 19.6 Å². The summed E-state index contributed by atoms with van der Waals surface area (Å²) < 4.78 is 10.1. The van der Waals surface area contributed by atoms with Gasteiger partial charge in [0.25, 0.3) is 0 Å². The highest BCUT2D eigenvalue weighted by Crippen LogP contribution is 2.29. The summed E-state index contributed by atoms with van der Waals surface area (Å²) in [6, 6.07) is 5.36. The number of nitrogen functional groups attached to an aromatic ring is 1. The van der Waals surface area contributed by atoms with Crippen molar-refractivity contribution in [3.63, 3.8) is 0 Å². The minimum atomic E-state index is 0. The fourth-order valence-electron chi connectivity index (χ4n) is 0.926. The monoisotopic (exact) mass is 204 g/mol. The topological polar surface area (TPSA) is 56.5 Å². The Balaban J connectivity index is 0.00000144. The molecule has 0 bridgehead atoms. The minimum absolute atomic E-state index is 0. The Morgan fingerprint density at radius 2 is 1.77 bits per heavy atom. The van der Waals surface area contributed by atoms with Crippen LogP contribution in [0.4, 0.5) is 5.69 Å². The van der Waals surface area contributed by atoms with Crippen LogP contribution in [0.3, 0.4) is 0 Å². The first kappa shape index (κ1) is 11.9. The summed E-state index contributed by atoms with van der Waals surface area (Å²) in [5.41, 5.74) is 3.30. The van der Waals surface area contributed by atoms with Gasteiger partial charge in [0.2, 0.25) is 0 Å². The summed E-state index contributed by atoms with van der Waals surface area (Å²) in [6.07, 6.45) is 0. The zero-order chi connectivity index (χ0) is 8.97. The van der Waals surface area contributed by atoms with Crippen molar-refractivity contribution in [2.45, 2.75) is 0 Å². The van der Waals surface area contributed by atoms with E-state index in [0.717, 1.165) is 5.69 Å². The third-order valence-electron chi connectivity index (χ3n) is 1.55. The van der Waals surface area contributed by atoms with Gasteiger partial charge in [0.15, 0.2) is 11.5 Å². The van der Waals surface area contributed by atoms with Crippen LogP contribution in [0.2, 0.25) is 0 Å². The maximum atomic E-state index is 5.22. The number of benzene rings is 1. The molecule has 0 aliphatic heterocycles. The number of ether oxygens (including phenoxy) is 2. The molecule has 0 atom stereocenters. The maximum absolute atomic E-state index is 5.22. The van der Waals surface area contributed by atoms with E-state index >= 15 is 0 Å². The molecule has 0 aliphatic rings. The van der Waals surface area contributed by atoms with Crippen molar-refractivity contribution in [1.82, 2.24) is 0 Å². The van der Waals surface area contributed by atoms with Crippen LogP contribution in [-0.4, -0.2) is 14.2 Å². The predicted octanol–water partition coefficient (Wildman–Crippen LogP) is 1.41. The van der Waals surface area contributed by atoms with Crippen molar-refractivity contribution in [2.24, 2.45) is 5.84 Å². The van der Waals surface area contributed by atoms with Crippen LogP contribution in [0.25, 0.3) is 0 Å². The summed E-state index contributed by atoms with van der Waals surface area (Å²) in [6.45, 7) is 0. The number of methoxy groups -OCH3 is 2. The zero-order valence-corrected chi connectivity index (χ0v) is 8.35. The van der Waals surface area contributed by atoms with Gasteiger partial charge >= 0.3 is 0 Å². The largest absolute Gasteiger partial charge is 0.493 e. The second-order valence-corrected chi connectivity index (χ2v) is 2.21. The van der Waals surface area contributed by atoms with Gasteiger partial charge in [-0.05, 0) is 12.1 Å². The highest BCUT2D eigenvalue weighted by Gasteiger charge is 2.02. The van der Waals surface area contributed by atoms with Crippen LogP contribution in [0, 0.1) is 0 Å². The number of anilines is 1. The highest BCUT2D eigenvalue weighted by molar-refractivity contribution is 5.85. The van der Waals surface area contributed by atoms with Crippen LogP contribution >= 0.6 is 12.4 Å². The number of nitrogens with two attached hydrogens (primary N) is 1. The average Bonchev–Trinajstić information content (AvgIpc) is 2.16. The second-order valence-electron chi connectivity index (χ2n) is 2.21. The lowest BCUT2D eigenvalue weighted by Crippen LogP contribution is -2.06. The lowest BCUT2D eigenvalue weighted by atomic mass is 10.3. The SMILES string of the molecule is COc1ccc(NN)cc1OC.Cl. The van der Waals surface area contributed by atoms with Crippen LogP contribution in [0.5, 0.6) is 11.5 Å². The van der Waals surface area contributed by atoms with Crippen molar-refractivity contribution < 1.29 is 9.47 Å². The highest BCUT2D eigenvalue weighted by atomic mass is 35.5. The van der Waals surface area contributed by atoms with Crippen molar-refractivity contribution in [3.8, 4) is 11.5 Å². The van der Waals surface area contributed by atoms with E-state index in [-0.39, 0.29) is 12.4 Å². The molecular weight excluding hydrogens is 192 g/mol. The van der Waals surface area contributed by atoms with Gasteiger partial charge in [0.1, 0.15) is 0 Å². The number of hydrazine groups is 1. The molecule has 1 aromatic rings. The molecule has 0 saturated heterocycles. The molecule has 13 heavy (non-hydrogen) atoms. The third-order valence-corrected chi connectivity index (χ3v) is 1.55. The van der Waals surface area contributed by atoms with Gasteiger partial charge in [0, 0.05) is 6.07 Å². The Morgan fingerprint density at radius 3 is 2.23 bits per heavy atom. The molecule has 0 amide bonds. The van der Waals surface area contributed by atoms with Crippen molar-refractivity contribution in [3.05, 3.63) is 18.2 Å². The predicted molar refractivity (Wildman–Crippen MR) is 54.6 cm³/mol. The standard InChI is InChI=1S/C8H12N2O2.ClH/c1-11-7-4-3-6(10-9)5-8(7)12-2;/h3-5,10H,9H2,1-2H3;1H. The van der Waals surface area contributed by atoms with E-state index in [1.165, 1.54) is 0 Å². The fraction of sp³-hybridized carbons (Fsp3) is 0.250. The van der Waals surface area contributed by atoms with E-state index in [1.54, 1.807) is 32.4 Å². The van der Waals surface area contributed by atoms with Gasteiger partial charge in [-0.25, -0.2) is 0 Å². The molecule has 4 nitrogen and oxygen atoms in total. The smallest absolute Gasteiger partial charge is 0.162 e. The lowest BCUT2D eigenvalue weighted by molar-refractivity contribution is 0.355. The molecule has 3 N–H and O–H groups in total. The van der Waals surface area contributed by atoms with Gasteiger partial charge in [-0.3, -0.25) is 5.84 Å². The molecule has 0 spiro atoms. The summed E-state index contributed by atoms with van der Waals surface area (Å²) in [5.74, 6) is 6.57. The Morgan fingerprint density at radius 1 is 1.15 bits per heavy atom. The summed E-state index contributed by atoms with van der Waals surface area (Å²) >= 11 is 0. The molecule has 74 valence electrons. The van der Waals surface area contributed by atoms with E-state index in [4.69, 9.17) is 15.3 Å². The number of hydrogen-bond acceptors (Lipinski definition) is 4. The molecule has 5 heteroatoms. The first-order valence-electron chi connectivity index (χ1n) is 3.50. The first-order valence-corrected chi connectivity index (χ1v) is 3.50. The summed E-state index contributed by atoms with van der Waals surface area (Å²) in [4.78, 5) is 0. The number of rotatable bonds is 3. The molecule has 0 aliphatic carbocycles. The third kappa shape index (κ3) is 2.68. The zero-order valence-electron chi connectivity index (χ0n) is 7.53. The van der Waals surface area contributed by atoms with E-state index in [1.807, 2.05) is 0 Å².